The highest BCUT2D eigenvalue weighted by Crippen LogP contribution is 2.28. The number of hydrogen-bond acceptors (Lipinski definition) is 7. The number of aromatic amines is 2. The van der Waals surface area contributed by atoms with Gasteiger partial charge in [0.25, 0.3) is 0 Å². The molecule has 214 valence electrons. The van der Waals surface area contributed by atoms with E-state index in [4.69, 9.17) is 24.2 Å². The van der Waals surface area contributed by atoms with Gasteiger partial charge in [0.1, 0.15) is 24.0 Å². The van der Waals surface area contributed by atoms with Gasteiger partial charge in [-0.1, -0.05) is 6.92 Å². The number of piperazine rings is 1. The number of likely N-dealkylation sites (N-methyl/N-ethyl adjacent to an activating group) is 1. The van der Waals surface area contributed by atoms with Crippen LogP contribution in [0, 0.1) is 0 Å². The maximum absolute atomic E-state index is 5.81. The van der Waals surface area contributed by atoms with Crippen molar-refractivity contribution in [2.45, 2.75) is 13.3 Å². The number of rotatable bonds is 12. The molecule has 6 rings (SSSR count). The molecule has 0 aliphatic carbocycles. The standard InChI is InChI=1S/C32H38N6O3/c1-3-16-39-17-18-40-19-20-41-26-8-4-23(5-9-26)31-33-27-10-6-24(21-29(27)35-31)32-34-28-11-7-25(22-30(28)36-32)38-14-12-37(2)13-15-38/h4-11,21-22H,3,12-20H2,1-2H3,(H,33,35)(H,34,36). The lowest BCUT2D eigenvalue weighted by atomic mass is 10.2. The maximum Gasteiger partial charge on any atom is 0.138 e. The molecule has 0 radical (unpaired) electrons. The third-order valence-electron chi connectivity index (χ3n) is 7.43. The second-order valence-corrected chi connectivity index (χ2v) is 10.5. The average molecular weight is 555 g/mol. The molecule has 0 spiro atoms. The fraction of sp³-hybridized carbons (Fsp3) is 0.375. The summed E-state index contributed by atoms with van der Waals surface area (Å²) in [6.45, 7) is 9.37. The molecule has 0 amide bonds. The summed E-state index contributed by atoms with van der Waals surface area (Å²) in [4.78, 5) is 21.5. The van der Waals surface area contributed by atoms with Gasteiger partial charge < -0.3 is 34.0 Å². The minimum atomic E-state index is 0.499. The molecule has 2 N–H and O–H groups in total. The summed E-state index contributed by atoms with van der Waals surface area (Å²) in [5.41, 5.74) is 7.17. The Labute approximate surface area is 240 Å². The first kappa shape index (κ1) is 27.3. The molecule has 0 unspecified atom stereocenters. The van der Waals surface area contributed by atoms with Gasteiger partial charge in [-0.15, -0.1) is 0 Å². The van der Waals surface area contributed by atoms with Crippen LogP contribution in [0.15, 0.2) is 60.7 Å². The number of H-pyrrole nitrogens is 2. The fourth-order valence-electron chi connectivity index (χ4n) is 5.08. The summed E-state index contributed by atoms with van der Waals surface area (Å²) in [6.07, 6.45) is 1.02. The van der Waals surface area contributed by atoms with E-state index >= 15 is 0 Å². The average Bonchev–Trinajstić information content (AvgIpc) is 3.63. The molecule has 0 saturated carbocycles. The minimum Gasteiger partial charge on any atom is -0.491 e. The lowest BCUT2D eigenvalue weighted by Crippen LogP contribution is -2.44. The normalized spacial score (nSPS) is 14.3. The quantitative estimate of drug-likeness (QED) is 0.201. The van der Waals surface area contributed by atoms with Crippen LogP contribution in [0.2, 0.25) is 0 Å². The number of nitrogens with zero attached hydrogens (tertiary/aromatic N) is 4. The smallest absolute Gasteiger partial charge is 0.138 e. The van der Waals surface area contributed by atoms with E-state index in [1.807, 2.05) is 30.3 Å². The first-order valence-corrected chi connectivity index (χ1v) is 14.5. The van der Waals surface area contributed by atoms with Crippen molar-refractivity contribution in [3.8, 4) is 28.5 Å². The molecule has 1 aliphatic rings. The zero-order valence-corrected chi connectivity index (χ0v) is 23.9. The molecule has 2 aromatic heterocycles. The first-order chi connectivity index (χ1) is 20.2. The summed E-state index contributed by atoms with van der Waals surface area (Å²) < 4.78 is 16.8. The topological polar surface area (TPSA) is 91.5 Å². The van der Waals surface area contributed by atoms with Crippen LogP contribution < -0.4 is 9.64 Å². The molecular formula is C32H38N6O3. The molecule has 9 heteroatoms. The lowest BCUT2D eigenvalue weighted by molar-refractivity contribution is 0.0366. The number of fused-ring (bicyclic) bond motifs is 2. The molecule has 1 fully saturated rings. The van der Waals surface area contributed by atoms with Crippen molar-refractivity contribution in [2.75, 3.05) is 71.2 Å². The number of benzene rings is 3. The molecule has 3 heterocycles. The van der Waals surface area contributed by atoms with Crippen molar-refractivity contribution in [1.82, 2.24) is 24.8 Å². The molecule has 3 aromatic carbocycles. The van der Waals surface area contributed by atoms with Crippen molar-refractivity contribution in [2.24, 2.45) is 0 Å². The largest absolute Gasteiger partial charge is 0.491 e. The maximum atomic E-state index is 5.81. The third kappa shape index (κ3) is 6.53. The summed E-state index contributed by atoms with van der Waals surface area (Å²) in [5, 5.41) is 0. The zero-order valence-electron chi connectivity index (χ0n) is 23.9. The number of anilines is 1. The Morgan fingerprint density at radius 1 is 0.683 bits per heavy atom. The second-order valence-electron chi connectivity index (χ2n) is 10.5. The van der Waals surface area contributed by atoms with Crippen LogP contribution in [0.4, 0.5) is 5.69 Å². The van der Waals surface area contributed by atoms with E-state index in [0.29, 0.717) is 26.4 Å². The van der Waals surface area contributed by atoms with Crippen LogP contribution in [0.3, 0.4) is 0 Å². The molecule has 0 bridgehead atoms. The lowest BCUT2D eigenvalue weighted by Gasteiger charge is -2.34. The number of ether oxygens (including phenoxy) is 3. The summed E-state index contributed by atoms with van der Waals surface area (Å²) in [6, 6.07) is 20.7. The van der Waals surface area contributed by atoms with Crippen molar-refractivity contribution >= 4 is 27.8 Å². The SMILES string of the molecule is CCCOCCOCCOc1ccc(-c2nc3ccc(-c4nc5ccc(N6CCN(C)CC6)cc5[nH]4)cc3[nH]2)cc1. The molecule has 41 heavy (non-hydrogen) atoms. The van der Waals surface area contributed by atoms with Crippen LogP contribution in [0.25, 0.3) is 44.8 Å². The van der Waals surface area contributed by atoms with Gasteiger partial charge in [-0.2, -0.15) is 0 Å². The Kier molecular flexibility index (Phi) is 8.46. The number of aromatic nitrogens is 4. The van der Waals surface area contributed by atoms with E-state index in [2.05, 4.69) is 64.1 Å². The highest BCUT2D eigenvalue weighted by Gasteiger charge is 2.16. The monoisotopic (exact) mass is 554 g/mol. The van der Waals surface area contributed by atoms with Crippen LogP contribution in [-0.4, -0.2) is 91.1 Å². The van der Waals surface area contributed by atoms with Gasteiger partial charge in [-0.3, -0.25) is 0 Å². The summed E-state index contributed by atoms with van der Waals surface area (Å²) in [7, 11) is 2.18. The van der Waals surface area contributed by atoms with E-state index in [1.165, 1.54) is 5.69 Å². The van der Waals surface area contributed by atoms with Crippen molar-refractivity contribution in [1.29, 1.82) is 0 Å². The Hall–Kier alpha value is -3.92. The van der Waals surface area contributed by atoms with Crippen LogP contribution in [-0.2, 0) is 9.47 Å². The Balaban J connectivity index is 1.10. The van der Waals surface area contributed by atoms with E-state index in [0.717, 1.165) is 89.8 Å². The van der Waals surface area contributed by atoms with Gasteiger partial charge in [-0.25, -0.2) is 9.97 Å². The van der Waals surface area contributed by atoms with Gasteiger partial charge in [0, 0.05) is 49.6 Å². The van der Waals surface area contributed by atoms with Crippen molar-refractivity contribution < 1.29 is 14.2 Å². The molecule has 0 atom stereocenters. The van der Waals surface area contributed by atoms with E-state index < -0.39 is 0 Å². The van der Waals surface area contributed by atoms with Crippen molar-refractivity contribution in [3.05, 3.63) is 60.7 Å². The summed E-state index contributed by atoms with van der Waals surface area (Å²) in [5.74, 6) is 2.48. The summed E-state index contributed by atoms with van der Waals surface area (Å²) >= 11 is 0. The van der Waals surface area contributed by atoms with Gasteiger partial charge >= 0.3 is 0 Å². The highest BCUT2D eigenvalue weighted by atomic mass is 16.5. The second kappa shape index (κ2) is 12.7. The van der Waals surface area contributed by atoms with Gasteiger partial charge in [0.05, 0.1) is 41.9 Å². The molecule has 9 nitrogen and oxygen atoms in total. The van der Waals surface area contributed by atoms with Crippen molar-refractivity contribution in [3.63, 3.8) is 0 Å². The fourth-order valence-corrected chi connectivity index (χ4v) is 5.08. The Morgan fingerprint density at radius 3 is 2.02 bits per heavy atom. The third-order valence-corrected chi connectivity index (χ3v) is 7.43. The van der Waals surface area contributed by atoms with E-state index in [1.54, 1.807) is 0 Å². The van der Waals surface area contributed by atoms with E-state index in [9.17, 15) is 0 Å². The number of nitrogens with one attached hydrogen (secondary N) is 2. The van der Waals surface area contributed by atoms with Gasteiger partial charge in [0.15, 0.2) is 0 Å². The van der Waals surface area contributed by atoms with Crippen LogP contribution in [0.1, 0.15) is 13.3 Å². The van der Waals surface area contributed by atoms with Gasteiger partial charge in [-0.05, 0) is 74.1 Å². The molecule has 1 saturated heterocycles. The molecular weight excluding hydrogens is 516 g/mol. The number of imidazole rings is 2. The molecule has 1 aliphatic heterocycles. The zero-order chi connectivity index (χ0) is 28.0. The Bertz CT molecular complexity index is 1570. The Morgan fingerprint density at radius 2 is 1.29 bits per heavy atom. The first-order valence-electron chi connectivity index (χ1n) is 14.5. The van der Waals surface area contributed by atoms with E-state index in [-0.39, 0.29) is 0 Å². The predicted octanol–water partition coefficient (Wildman–Crippen LogP) is 5.35. The molecule has 5 aromatic rings. The van der Waals surface area contributed by atoms with Gasteiger partial charge in [0.2, 0.25) is 0 Å². The highest BCUT2D eigenvalue weighted by molar-refractivity contribution is 5.87. The minimum absolute atomic E-state index is 0.499. The van der Waals surface area contributed by atoms with Crippen LogP contribution in [0.5, 0.6) is 5.75 Å². The predicted molar refractivity (Wildman–Crippen MR) is 164 cm³/mol. The number of hydrogen-bond donors (Lipinski definition) is 2. The van der Waals surface area contributed by atoms with Crippen LogP contribution >= 0.6 is 0 Å².